The Morgan fingerprint density at radius 2 is 0.465 bits per heavy atom. The number of rotatable bonds is 59. The highest BCUT2D eigenvalue weighted by atomic mass is 16.6. The summed E-state index contributed by atoms with van der Waals surface area (Å²) in [7, 11) is 0. The Labute approximate surface area is 444 Å². The summed E-state index contributed by atoms with van der Waals surface area (Å²) >= 11 is 0. The average Bonchev–Trinajstić information content (AvgIpc) is 3.35. The minimum Gasteiger partial charge on any atom is -0.462 e. The van der Waals surface area contributed by atoms with Gasteiger partial charge in [0.15, 0.2) is 6.10 Å². The molecule has 0 fully saturated rings. The third-order valence-corrected chi connectivity index (χ3v) is 15.0. The van der Waals surface area contributed by atoms with Crippen molar-refractivity contribution in [3.63, 3.8) is 0 Å². The predicted molar refractivity (Wildman–Crippen MR) is 307 cm³/mol. The van der Waals surface area contributed by atoms with Crippen LogP contribution in [-0.4, -0.2) is 37.2 Å². The molecular formula is C65H126O6. The molecule has 0 unspecified atom stereocenters. The lowest BCUT2D eigenvalue weighted by molar-refractivity contribution is -0.167. The van der Waals surface area contributed by atoms with Crippen LogP contribution in [0.3, 0.4) is 0 Å². The summed E-state index contributed by atoms with van der Waals surface area (Å²) < 4.78 is 17.0. The van der Waals surface area contributed by atoms with E-state index in [-0.39, 0.29) is 31.1 Å². The van der Waals surface area contributed by atoms with Gasteiger partial charge in [-0.1, -0.05) is 330 Å². The molecule has 1 atom stereocenters. The van der Waals surface area contributed by atoms with Gasteiger partial charge in [0.05, 0.1) is 0 Å². The topological polar surface area (TPSA) is 78.9 Å². The van der Waals surface area contributed by atoms with Crippen LogP contribution in [0, 0.1) is 11.8 Å². The summed E-state index contributed by atoms with van der Waals surface area (Å²) in [4.78, 5) is 38.3. The summed E-state index contributed by atoms with van der Waals surface area (Å²) in [6.45, 7) is 11.5. The fourth-order valence-electron chi connectivity index (χ4n) is 10.1. The lowest BCUT2D eigenvalue weighted by Crippen LogP contribution is -2.30. The summed E-state index contributed by atoms with van der Waals surface area (Å²) in [6, 6.07) is 0. The van der Waals surface area contributed by atoms with Crippen molar-refractivity contribution >= 4 is 17.9 Å². The van der Waals surface area contributed by atoms with Gasteiger partial charge in [0.1, 0.15) is 13.2 Å². The molecule has 0 spiro atoms. The third-order valence-electron chi connectivity index (χ3n) is 15.0. The van der Waals surface area contributed by atoms with Crippen molar-refractivity contribution in [2.24, 2.45) is 11.8 Å². The summed E-state index contributed by atoms with van der Waals surface area (Å²) in [5.74, 6) is 0.861. The second-order valence-corrected chi connectivity index (χ2v) is 23.4. The molecule has 0 saturated heterocycles. The lowest BCUT2D eigenvalue weighted by Gasteiger charge is -2.18. The first-order valence-corrected chi connectivity index (χ1v) is 32.2. The summed E-state index contributed by atoms with van der Waals surface area (Å²) in [5.41, 5.74) is 0. The largest absolute Gasteiger partial charge is 0.462 e. The quantitative estimate of drug-likeness (QED) is 0.0343. The van der Waals surface area contributed by atoms with E-state index < -0.39 is 6.10 Å². The van der Waals surface area contributed by atoms with E-state index in [1.54, 1.807) is 0 Å². The van der Waals surface area contributed by atoms with E-state index in [0.717, 1.165) is 69.6 Å². The maximum absolute atomic E-state index is 12.9. The molecule has 0 bridgehead atoms. The maximum atomic E-state index is 12.9. The molecule has 0 aliphatic carbocycles. The number of carbonyl (C=O) groups is 3. The Morgan fingerprint density at radius 1 is 0.268 bits per heavy atom. The zero-order chi connectivity index (χ0) is 51.8. The van der Waals surface area contributed by atoms with Crippen LogP contribution in [0.2, 0.25) is 0 Å². The van der Waals surface area contributed by atoms with Crippen molar-refractivity contribution in [3.8, 4) is 0 Å². The van der Waals surface area contributed by atoms with Gasteiger partial charge in [-0.2, -0.15) is 0 Å². The third kappa shape index (κ3) is 59.2. The minimum absolute atomic E-state index is 0.0617. The molecule has 0 N–H and O–H groups in total. The van der Waals surface area contributed by atoms with Gasteiger partial charge in [0.25, 0.3) is 0 Å². The molecule has 0 heterocycles. The Bertz CT molecular complexity index is 1090. The zero-order valence-corrected chi connectivity index (χ0v) is 48.9. The van der Waals surface area contributed by atoms with E-state index in [1.807, 2.05) is 0 Å². The Kier molecular flexibility index (Phi) is 56.4. The Balaban J connectivity index is 4.29. The van der Waals surface area contributed by atoms with Crippen molar-refractivity contribution in [2.75, 3.05) is 13.2 Å². The monoisotopic (exact) mass is 1000 g/mol. The lowest BCUT2D eigenvalue weighted by atomic mass is 10.0. The van der Waals surface area contributed by atoms with E-state index in [2.05, 4.69) is 34.6 Å². The van der Waals surface area contributed by atoms with Gasteiger partial charge in [-0.15, -0.1) is 0 Å². The predicted octanol–water partition coefficient (Wildman–Crippen LogP) is 21.6. The second-order valence-electron chi connectivity index (χ2n) is 23.4. The van der Waals surface area contributed by atoms with Crippen LogP contribution in [0.5, 0.6) is 0 Å². The first-order chi connectivity index (χ1) is 34.7. The number of hydrogen-bond donors (Lipinski definition) is 0. The van der Waals surface area contributed by atoms with Gasteiger partial charge in [-0.3, -0.25) is 14.4 Å². The van der Waals surface area contributed by atoms with Gasteiger partial charge in [0, 0.05) is 19.3 Å². The van der Waals surface area contributed by atoms with Gasteiger partial charge in [0.2, 0.25) is 0 Å². The molecule has 0 rings (SSSR count). The van der Waals surface area contributed by atoms with Crippen molar-refractivity contribution < 1.29 is 28.6 Å². The van der Waals surface area contributed by atoms with Crippen LogP contribution in [-0.2, 0) is 28.6 Å². The van der Waals surface area contributed by atoms with Crippen molar-refractivity contribution in [2.45, 2.75) is 375 Å². The molecule has 0 amide bonds. The molecule has 6 heteroatoms. The number of ether oxygens (including phenoxy) is 3. The maximum Gasteiger partial charge on any atom is 0.306 e. The molecule has 71 heavy (non-hydrogen) atoms. The number of hydrogen-bond acceptors (Lipinski definition) is 6. The van der Waals surface area contributed by atoms with Crippen LogP contribution in [0.25, 0.3) is 0 Å². The highest BCUT2D eigenvalue weighted by Gasteiger charge is 2.19. The molecule has 6 nitrogen and oxygen atoms in total. The second kappa shape index (κ2) is 57.7. The standard InChI is InChI=1S/C65H126O6/c1-6-7-8-9-10-11-12-13-14-15-16-20-25-30-35-40-45-50-55-63(66)69-58-62(59-70-64(67)56-51-46-41-36-31-27-22-24-29-34-39-44-49-54-61(4)5)71-65(68)57-52-47-42-37-32-26-21-18-17-19-23-28-33-38-43-48-53-60(2)3/h60-62H,6-59H2,1-5H3/t62-/m1/s1. The van der Waals surface area contributed by atoms with E-state index >= 15 is 0 Å². The van der Waals surface area contributed by atoms with Gasteiger partial charge < -0.3 is 14.2 Å². The highest BCUT2D eigenvalue weighted by molar-refractivity contribution is 5.71. The SMILES string of the molecule is CCCCCCCCCCCCCCCCCCCCC(=O)OC[C@H](COC(=O)CCCCCCCCCCCCCCCC(C)C)OC(=O)CCCCCCCCCCCCCCCCCCC(C)C. The average molecular weight is 1000 g/mol. The summed E-state index contributed by atoms with van der Waals surface area (Å²) in [5, 5.41) is 0. The van der Waals surface area contributed by atoms with Crippen molar-refractivity contribution in [3.05, 3.63) is 0 Å². The van der Waals surface area contributed by atoms with E-state index in [4.69, 9.17) is 14.2 Å². The van der Waals surface area contributed by atoms with Crippen LogP contribution >= 0.6 is 0 Å². The molecule has 0 aromatic heterocycles. The van der Waals surface area contributed by atoms with E-state index in [1.165, 1.54) is 257 Å². The van der Waals surface area contributed by atoms with Gasteiger partial charge >= 0.3 is 17.9 Å². The van der Waals surface area contributed by atoms with Crippen LogP contribution in [0.4, 0.5) is 0 Å². The van der Waals surface area contributed by atoms with Crippen LogP contribution in [0.15, 0.2) is 0 Å². The van der Waals surface area contributed by atoms with Crippen molar-refractivity contribution in [1.29, 1.82) is 0 Å². The number of unbranched alkanes of at least 4 members (excludes halogenated alkanes) is 44. The minimum atomic E-state index is -0.764. The van der Waals surface area contributed by atoms with Crippen LogP contribution < -0.4 is 0 Å². The van der Waals surface area contributed by atoms with E-state index in [0.29, 0.717) is 19.3 Å². The Morgan fingerprint density at radius 3 is 0.690 bits per heavy atom. The van der Waals surface area contributed by atoms with Gasteiger partial charge in [-0.05, 0) is 31.1 Å². The van der Waals surface area contributed by atoms with E-state index in [9.17, 15) is 14.4 Å². The van der Waals surface area contributed by atoms with Gasteiger partial charge in [-0.25, -0.2) is 0 Å². The number of esters is 3. The molecule has 0 aliphatic rings. The van der Waals surface area contributed by atoms with Crippen LogP contribution in [0.1, 0.15) is 369 Å². The molecule has 422 valence electrons. The first kappa shape index (κ1) is 69.4. The number of carbonyl (C=O) groups excluding carboxylic acids is 3. The zero-order valence-electron chi connectivity index (χ0n) is 48.9. The Hall–Kier alpha value is -1.59. The normalized spacial score (nSPS) is 12.0. The molecule has 0 aromatic carbocycles. The molecule has 0 saturated carbocycles. The fourth-order valence-corrected chi connectivity index (χ4v) is 10.1. The molecule has 0 aliphatic heterocycles. The first-order valence-electron chi connectivity index (χ1n) is 32.2. The fraction of sp³-hybridized carbons (Fsp3) is 0.954. The smallest absolute Gasteiger partial charge is 0.306 e. The van der Waals surface area contributed by atoms with Crippen molar-refractivity contribution in [1.82, 2.24) is 0 Å². The summed E-state index contributed by atoms with van der Waals surface area (Å²) in [6.07, 6.45) is 63.9. The molecule has 0 aromatic rings. The molecular weight excluding hydrogens is 877 g/mol. The molecule has 0 radical (unpaired) electrons. The highest BCUT2D eigenvalue weighted by Crippen LogP contribution is 2.19.